The van der Waals surface area contributed by atoms with Crippen molar-refractivity contribution < 1.29 is 29.0 Å². The fourth-order valence-corrected chi connectivity index (χ4v) is 2.58. The fourth-order valence-electron chi connectivity index (χ4n) is 2.58. The smallest absolute Gasteiger partial charge is 0.362 e. The summed E-state index contributed by atoms with van der Waals surface area (Å²) in [6.45, 7) is 0. The number of nitro groups is 2. The minimum atomic E-state index is -0.998. The average molecular weight is 465 g/mol. The highest BCUT2D eigenvalue weighted by Crippen LogP contribution is 2.24. The molecular weight excluding hydrogens is 450 g/mol. The predicted octanol–water partition coefficient (Wildman–Crippen LogP) is 4.62. The van der Waals surface area contributed by atoms with E-state index in [0.29, 0.717) is 17.0 Å². The number of hydrogen-bond donors (Lipinski definition) is 1. The summed E-state index contributed by atoms with van der Waals surface area (Å²) in [6.07, 6.45) is 0. The van der Waals surface area contributed by atoms with Crippen LogP contribution >= 0.6 is 0 Å². The maximum absolute atomic E-state index is 12.2. The lowest BCUT2D eigenvalue weighted by atomic mass is 10.1. The predicted molar refractivity (Wildman–Crippen MR) is 117 cm³/mol. The van der Waals surface area contributed by atoms with Crippen LogP contribution in [0.4, 0.5) is 22.7 Å². The first-order valence-electron chi connectivity index (χ1n) is 9.38. The van der Waals surface area contributed by atoms with Gasteiger partial charge in [0.15, 0.2) is 0 Å². The van der Waals surface area contributed by atoms with Gasteiger partial charge < -0.3 is 9.57 Å². The van der Waals surface area contributed by atoms with E-state index in [9.17, 15) is 29.8 Å². The number of anilines is 1. The van der Waals surface area contributed by atoms with Crippen LogP contribution in [0.3, 0.4) is 0 Å². The second-order valence-electron chi connectivity index (χ2n) is 6.52. The Bertz CT molecular complexity index is 1240. The lowest BCUT2D eigenvalue weighted by Gasteiger charge is -2.07. The first kappa shape index (κ1) is 23.5. The minimum absolute atomic E-state index is 0.236. The molecule has 3 aromatic rings. The van der Waals surface area contributed by atoms with Gasteiger partial charge in [-0.3, -0.25) is 25.0 Å². The van der Waals surface area contributed by atoms with Crippen molar-refractivity contribution in [2.75, 3.05) is 12.6 Å². The van der Waals surface area contributed by atoms with Crippen molar-refractivity contribution in [1.82, 2.24) is 0 Å². The number of rotatable bonds is 8. The molecular formula is C21H15N5O8. The third-order valence-corrected chi connectivity index (χ3v) is 4.28. The lowest BCUT2D eigenvalue weighted by molar-refractivity contribution is -0.394. The molecule has 3 rings (SSSR count). The Morgan fingerprint density at radius 2 is 1.44 bits per heavy atom. The maximum Gasteiger partial charge on any atom is 0.362 e. The summed E-state index contributed by atoms with van der Waals surface area (Å²) in [4.78, 5) is 49.4. The van der Waals surface area contributed by atoms with E-state index < -0.39 is 33.1 Å². The molecule has 0 aliphatic rings. The molecule has 0 aliphatic carbocycles. The number of methoxy groups -OCH3 is 1. The normalized spacial score (nSPS) is 10.5. The van der Waals surface area contributed by atoms with E-state index in [1.165, 1.54) is 31.4 Å². The minimum Gasteiger partial charge on any atom is -0.497 e. The summed E-state index contributed by atoms with van der Waals surface area (Å²) in [7, 11) is 1.51. The monoisotopic (exact) mass is 465 g/mol. The molecule has 0 radical (unpaired) electrons. The molecule has 1 amide bonds. The molecule has 0 atom stereocenters. The Morgan fingerprint density at radius 3 is 1.97 bits per heavy atom. The number of nitro benzene ring substituents is 2. The third-order valence-electron chi connectivity index (χ3n) is 4.28. The van der Waals surface area contributed by atoms with E-state index in [4.69, 9.17) is 9.57 Å². The summed E-state index contributed by atoms with van der Waals surface area (Å²) < 4.78 is 5.02. The van der Waals surface area contributed by atoms with Gasteiger partial charge in [0, 0.05) is 12.1 Å². The molecule has 1 N–H and O–H groups in total. The molecule has 0 spiro atoms. The van der Waals surface area contributed by atoms with Gasteiger partial charge in [-0.05, 0) is 48.5 Å². The SMILES string of the molecule is COc1ccc(C(=O)ONc2ccc(N=NC(=O)c3cc([N+](=O)[O-])cc([N+](=O)[O-])c3)cc2)cc1. The quantitative estimate of drug-likeness (QED) is 0.282. The van der Waals surface area contributed by atoms with Crippen molar-refractivity contribution >= 4 is 34.6 Å². The first-order valence-corrected chi connectivity index (χ1v) is 9.38. The third kappa shape index (κ3) is 5.94. The number of nitrogens with zero attached hydrogens (tertiary/aromatic N) is 4. The Kier molecular flexibility index (Phi) is 7.18. The zero-order valence-electron chi connectivity index (χ0n) is 17.4. The van der Waals surface area contributed by atoms with Crippen molar-refractivity contribution in [3.63, 3.8) is 0 Å². The van der Waals surface area contributed by atoms with Crippen LogP contribution < -0.4 is 10.2 Å². The van der Waals surface area contributed by atoms with Crippen molar-refractivity contribution in [3.8, 4) is 5.75 Å². The van der Waals surface area contributed by atoms with Gasteiger partial charge in [-0.15, -0.1) is 10.2 Å². The number of carbonyl (C=O) groups excluding carboxylic acids is 2. The van der Waals surface area contributed by atoms with Crippen LogP contribution in [0.15, 0.2) is 77.0 Å². The topological polar surface area (TPSA) is 176 Å². The standard InChI is InChI=1S/C21H15N5O8/c1-33-19-8-2-13(3-9-19)21(28)34-24-16-6-4-15(5-7-16)22-23-20(27)14-10-17(25(29)30)12-18(11-14)26(31)32/h2-12,24H,1H3. The second-order valence-corrected chi connectivity index (χ2v) is 6.52. The number of carbonyl (C=O) groups is 2. The summed E-state index contributed by atoms with van der Waals surface area (Å²) in [5, 5.41) is 29.0. The molecule has 0 saturated heterocycles. The van der Waals surface area contributed by atoms with Gasteiger partial charge in [0.25, 0.3) is 17.3 Å². The first-order chi connectivity index (χ1) is 16.3. The van der Waals surface area contributed by atoms with Crippen LogP contribution in [0.5, 0.6) is 5.75 Å². The number of azo groups is 1. The zero-order chi connectivity index (χ0) is 24.7. The van der Waals surface area contributed by atoms with Gasteiger partial charge in [0.1, 0.15) is 5.75 Å². The average Bonchev–Trinajstić information content (AvgIpc) is 2.86. The molecule has 0 aromatic heterocycles. The number of nitrogens with one attached hydrogen (secondary N) is 1. The zero-order valence-corrected chi connectivity index (χ0v) is 17.4. The van der Waals surface area contributed by atoms with Gasteiger partial charge in [0.05, 0.1) is 45.5 Å². The Morgan fingerprint density at radius 1 is 0.853 bits per heavy atom. The Labute approximate surface area is 190 Å². The number of ether oxygens (including phenoxy) is 1. The highest BCUT2D eigenvalue weighted by atomic mass is 16.7. The lowest BCUT2D eigenvalue weighted by Crippen LogP contribution is -2.10. The molecule has 13 heteroatoms. The summed E-state index contributed by atoms with van der Waals surface area (Å²) in [5.41, 5.74) is 1.83. The molecule has 0 bridgehead atoms. The van der Waals surface area contributed by atoms with Crippen LogP contribution in [0.2, 0.25) is 0 Å². The van der Waals surface area contributed by atoms with Crippen LogP contribution in [-0.2, 0) is 4.84 Å². The fraction of sp³-hybridized carbons (Fsp3) is 0.0476. The van der Waals surface area contributed by atoms with Gasteiger partial charge in [-0.2, -0.15) is 0 Å². The van der Waals surface area contributed by atoms with E-state index >= 15 is 0 Å². The number of non-ortho nitro benzene ring substituents is 2. The second kappa shape index (κ2) is 10.4. The van der Waals surface area contributed by atoms with E-state index in [2.05, 4.69) is 15.7 Å². The summed E-state index contributed by atoms with van der Waals surface area (Å²) in [5.74, 6) is -1.03. The van der Waals surface area contributed by atoms with Crippen molar-refractivity contribution in [3.05, 3.63) is 98.1 Å². The molecule has 0 aliphatic heterocycles. The van der Waals surface area contributed by atoms with Gasteiger partial charge in [-0.25, -0.2) is 10.3 Å². The number of hydrogen-bond acceptors (Lipinski definition) is 10. The van der Waals surface area contributed by atoms with Gasteiger partial charge in [0.2, 0.25) is 0 Å². The summed E-state index contributed by atoms with van der Waals surface area (Å²) >= 11 is 0. The van der Waals surface area contributed by atoms with Crippen LogP contribution in [-0.4, -0.2) is 28.8 Å². The highest BCUT2D eigenvalue weighted by molar-refractivity contribution is 5.96. The number of benzene rings is 3. The van der Waals surface area contributed by atoms with Crippen molar-refractivity contribution in [1.29, 1.82) is 0 Å². The molecule has 0 fully saturated rings. The van der Waals surface area contributed by atoms with E-state index in [0.717, 1.165) is 18.2 Å². The largest absolute Gasteiger partial charge is 0.497 e. The molecule has 0 unspecified atom stereocenters. The van der Waals surface area contributed by atoms with E-state index in [1.807, 2.05) is 0 Å². The van der Waals surface area contributed by atoms with E-state index in [-0.39, 0.29) is 11.3 Å². The molecule has 0 heterocycles. The molecule has 0 saturated carbocycles. The highest BCUT2D eigenvalue weighted by Gasteiger charge is 2.19. The molecule has 172 valence electrons. The molecule has 13 nitrogen and oxygen atoms in total. The summed E-state index contributed by atoms with van der Waals surface area (Å²) in [6, 6.07) is 14.7. The van der Waals surface area contributed by atoms with Crippen molar-refractivity contribution in [2.45, 2.75) is 0 Å². The van der Waals surface area contributed by atoms with Crippen LogP contribution in [0, 0.1) is 20.2 Å². The Balaban J connectivity index is 1.63. The van der Waals surface area contributed by atoms with Crippen LogP contribution in [0.25, 0.3) is 0 Å². The van der Waals surface area contributed by atoms with E-state index in [1.54, 1.807) is 24.3 Å². The number of amides is 1. The molecule has 3 aromatic carbocycles. The van der Waals surface area contributed by atoms with Gasteiger partial charge in [-0.1, -0.05) is 0 Å². The van der Waals surface area contributed by atoms with Crippen LogP contribution in [0.1, 0.15) is 20.7 Å². The molecule has 34 heavy (non-hydrogen) atoms. The Hall–Kier alpha value is -5.20. The maximum atomic E-state index is 12.2. The van der Waals surface area contributed by atoms with Crippen molar-refractivity contribution in [2.24, 2.45) is 10.2 Å². The van der Waals surface area contributed by atoms with Gasteiger partial charge >= 0.3 is 5.97 Å².